The number of hydrogen-bond donors (Lipinski definition) is 2. The lowest BCUT2D eigenvalue weighted by Gasteiger charge is -2.15. The van der Waals surface area contributed by atoms with Gasteiger partial charge in [0.05, 0.1) is 11.3 Å². The molecule has 0 unspecified atom stereocenters. The Kier molecular flexibility index (Phi) is 2.84. The average molecular weight is 251 g/mol. The molecule has 3 N–H and O–H groups in total. The van der Waals surface area contributed by atoms with E-state index in [1.165, 1.54) is 12.1 Å². The van der Waals surface area contributed by atoms with Gasteiger partial charge in [0.25, 0.3) is 17.6 Å². The minimum Gasteiger partial charge on any atom is -0.293 e. The molecule has 0 saturated heterocycles. The van der Waals surface area contributed by atoms with Gasteiger partial charge in [-0.3, -0.25) is 24.7 Å². The maximum atomic E-state index is 13.8. The van der Waals surface area contributed by atoms with Crippen LogP contribution in [-0.2, 0) is 9.59 Å². The standard InChI is InChI=1S/C11H10FN3O3/c1-5-2-6-9(7(12)3-5)15(4-8(16)14-13)11(18)10(6)17/h2-3H,4,13H2,1H3,(H,14,16). The summed E-state index contributed by atoms with van der Waals surface area (Å²) in [5.74, 6) is 1.74. The molecule has 0 fully saturated rings. The van der Waals surface area contributed by atoms with Gasteiger partial charge in [-0.2, -0.15) is 0 Å². The van der Waals surface area contributed by atoms with Crippen LogP contribution in [0.25, 0.3) is 0 Å². The molecule has 0 saturated carbocycles. The van der Waals surface area contributed by atoms with Gasteiger partial charge in [0.2, 0.25) is 0 Å². The third kappa shape index (κ3) is 1.74. The maximum absolute atomic E-state index is 13.8. The predicted molar refractivity (Wildman–Crippen MR) is 60.2 cm³/mol. The highest BCUT2D eigenvalue weighted by atomic mass is 19.1. The van der Waals surface area contributed by atoms with E-state index in [0.29, 0.717) is 5.56 Å². The van der Waals surface area contributed by atoms with E-state index in [4.69, 9.17) is 5.84 Å². The summed E-state index contributed by atoms with van der Waals surface area (Å²) in [5.41, 5.74) is 2.15. The summed E-state index contributed by atoms with van der Waals surface area (Å²) in [4.78, 5) is 35.3. The topological polar surface area (TPSA) is 92.5 Å². The van der Waals surface area contributed by atoms with E-state index in [1.807, 2.05) is 5.43 Å². The van der Waals surface area contributed by atoms with E-state index in [-0.39, 0.29) is 11.3 Å². The van der Waals surface area contributed by atoms with E-state index < -0.39 is 30.0 Å². The molecule has 0 radical (unpaired) electrons. The first kappa shape index (κ1) is 12.2. The Morgan fingerprint density at radius 1 is 1.44 bits per heavy atom. The SMILES string of the molecule is Cc1cc(F)c2c(c1)C(=O)C(=O)N2CC(=O)NN. The van der Waals surface area contributed by atoms with Crippen molar-refractivity contribution in [1.82, 2.24) is 5.43 Å². The molecule has 0 spiro atoms. The smallest absolute Gasteiger partial charge is 0.293 e. The van der Waals surface area contributed by atoms with Crippen molar-refractivity contribution < 1.29 is 18.8 Å². The number of fused-ring (bicyclic) bond motifs is 1. The Balaban J connectivity index is 2.51. The van der Waals surface area contributed by atoms with Crippen LogP contribution in [0.15, 0.2) is 12.1 Å². The zero-order valence-electron chi connectivity index (χ0n) is 9.49. The van der Waals surface area contributed by atoms with Gasteiger partial charge >= 0.3 is 0 Å². The number of carbonyl (C=O) groups is 3. The van der Waals surface area contributed by atoms with Crippen LogP contribution in [0, 0.1) is 12.7 Å². The van der Waals surface area contributed by atoms with Crippen molar-refractivity contribution in [3.05, 3.63) is 29.1 Å². The minimum atomic E-state index is -0.932. The van der Waals surface area contributed by atoms with Crippen LogP contribution in [0.2, 0.25) is 0 Å². The number of aryl methyl sites for hydroxylation is 1. The summed E-state index contributed by atoms with van der Waals surface area (Å²) in [7, 11) is 0. The molecule has 1 aliphatic rings. The summed E-state index contributed by atoms with van der Waals surface area (Å²) in [6.07, 6.45) is 0. The van der Waals surface area contributed by atoms with Crippen LogP contribution in [0.4, 0.5) is 10.1 Å². The second-order valence-corrected chi connectivity index (χ2v) is 3.93. The number of Topliss-reactive ketones (excluding diaryl/α,β-unsaturated/α-hetero) is 1. The van der Waals surface area contributed by atoms with E-state index >= 15 is 0 Å². The molecule has 2 amide bonds. The first-order chi connectivity index (χ1) is 8.45. The summed E-state index contributed by atoms with van der Waals surface area (Å²) in [6, 6.07) is 2.61. The Hall–Kier alpha value is -2.28. The van der Waals surface area contributed by atoms with Crippen molar-refractivity contribution >= 4 is 23.3 Å². The molecule has 2 rings (SSSR count). The van der Waals surface area contributed by atoms with Crippen LogP contribution in [-0.4, -0.2) is 24.1 Å². The minimum absolute atomic E-state index is 0.0256. The number of rotatable bonds is 2. The van der Waals surface area contributed by atoms with Gasteiger partial charge < -0.3 is 0 Å². The number of hydrogen-bond acceptors (Lipinski definition) is 4. The molecule has 0 atom stereocenters. The molecule has 1 aliphatic heterocycles. The summed E-state index contributed by atoms with van der Waals surface area (Å²) >= 11 is 0. The number of anilines is 1. The first-order valence-electron chi connectivity index (χ1n) is 5.11. The Morgan fingerprint density at radius 2 is 2.11 bits per heavy atom. The van der Waals surface area contributed by atoms with E-state index in [1.54, 1.807) is 6.92 Å². The van der Waals surface area contributed by atoms with Crippen LogP contribution >= 0.6 is 0 Å². The fourth-order valence-corrected chi connectivity index (χ4v) is 1.86. The van der Waals surface area contributed by atoms with Gasteiger partial charge in [-0.05, 0) is 24.6 Å². The number of nitrogens with two attached hydrogens (primary N) is 1. The molecule has 1 aromatic carbocycles. The maximum Gasteiger partial charge on any atom is 0.300 e. The number of nitrogens with zero attached hydrogens (tertiary/aromatic N) is 1. The monoisotopic (exact) mass is 251 g/mol. The molecule has 0 aromatic heterocycles. The van der Waals surface area contributed by atoms with E-state index in [2.05, 4.69) is 0 Å². The molecule has 6 nitrogen and oxygen atoms in total. The molecular weight excluding hydrogens is 241 g/mol. The zero-order valence-corrected chi connectivity index (χ0v) is 9.49. The number of benzene rings is 1. The molecule has 94 valence electrons. The van der Waals surface area contributed by atoms with Crippen molar-refractivity contribution in [2.24, 2.45) is 5.84 Å². The lowest BCUT2D eigenvalue weighted by molar-refractivity contribution is -0.122. The van der Waals surface area contributed by atoms with Crippen LogP contribution < -0.4 is 16.2 Å². The van der Waals surface area contributed by atoms with Gasteiger partial charge in [-0.15, -0.1) is 0 Å². The fourth-order valence-electron chi connectivity index (χ4n) is 1.86. The van der Waals surface area contributed by atoms with Gasteiger partial charge in [-0.1, -0.05) is 0 Å². The third-order valence-electron chi connectivity index (χ3n) is 2.62. The highest BCUT2D eigenvalue weighted by molar-refractivity contribution is 6.52. The molecule has 18 heavy (non-hydrogen) atoms. The second kappa shape index (κ2) is 4.19. The van der Waals surface area contributed by atoms with E-state index in [9.17, 15) is 18.8 Å². The van der Waals surface area contributed by atoms with Crippen molar-refractivity contribution in [3.63, 3.8) is 0 Å². The van der Waals surface area contributed by atoms with Crippen LogP contribution in [0.3, 0.4) is 0 Å². The van der Waals surface area contributed by atoms with Crippen molar-refractivity contribution in [2.45, 2.75) is 6.92 Å². The number of nitrogens with one attached hydrogen (secondary N) is 1. The Bertz CT molecular complexity index is 571. The molecule has 0 aliphatic carbocycles. The van der Waals surface area contributed by atoms with Crippen molar-refractivity contribution in [2.75, 3.05) is 11.4 Å². The number of hydrazine groups is 1. The summed E-state index contributed by atoms with van der Waals surface area (Å²) in [5, 5.41) is 0. The molecular formula is C11H10FN3O3. The predicted octanol–water partition coefficient (Wildman–Crippen LogP) is -0.347. The number of carbonyl (C=O) groups excluding carboxylic acids is 3. The largest absolute Gasteiger partial charge is 0.300 e. The lowest BCUT2D eigenvalue weighted by atomic mass is 10.1. The van der Waals surface area contributed by atoms with Gasteiger partial charge in [0.1, 0.15) is 12.4 Å². The first-order valence-corrected chi connectivity index (χ1v) is 5.11. The lowest BCUT2D eigenvalue weighted by Crippen LogP contribution is -2.42. The summed E-state index contributed by atoms with van der Waals surface area (Å²) in [6.45, 7) is 1.12. The molecule has 1 heterocycles. The fraction of sp³-hybridized carbons (Fsp3) is 0.182. The van der Waals surface area contributed by atoms with Crippen molar-refractivity contribution in [3.8, 4) is 0 Å². The van der Waals surface area contributed by atoms with Crippen molar-refractivity contribution in [1.29, 1.82) is 0 Å². The van der Waals surface area contributed by atoms with Crippen LogP contribution in [0.1, 0.15) is 15.9 Å². The third-order valence-corrected chi connectivity index (χ3v) is 2.62. The number of amides is 2. The Labute approximate surface area is 102 Å². The zero-order chi connectivity index (χ0) is 13.4. The molecule has 1 aromatic rings. The van der Waals surface area contributed by atoms with E-state index in [0.717, 1.165) is 4.90 Å². The van der Waals surface area contributed by atoms with Gasteiger partial charge in [0, 0.05) is 0 Å². The molecule has 0 bridgehead atoms. The summed E-state index contributed by atoms with van der Waals surface area (Å²) < 4.78 is 13.8. The highest BCUT2D eigenvalue weighted by Gasteiger charge is 2.39. The Morgan fingerprint density at radius 3 is 2.72 bits per heavy atom. The normalized spacial score (nSPS) is 13.8. The van der Waals surface area contributed by atoms with Crippen LogP contribution in [0.5, 0.6) is 0 Å². The highest BCUT2D eigenvalue weighted by Crippen LogP contribution is 2.32. The van der Waals surface area contributed by atoms with Gasteiger partial charge in [0.15, 0.2) is 0 Å². The second-order valence-electron chi connectivity index (χ2n) is 3.93. The van der Waals surface area contributed by atoms with Gasteiger partial charge in [-0.25, -0.2) is 10.2 Å². The number of ketones is 1. The molecule has 7 heteroatoms. The average Bonchev–Trinajstić information content (AvgIpc) is 2.54. The number of halogens is 1. The quantitative estimate of drug-likeness (QED) is 0.325.